The standard InChI is InChI=1S/C16H22N4O6/c1-10-4-2-3-5-16(10)13(23)20(15(25)18-16)8-12(22)26-9-11(21)19-7-6-17-14(19)24/h10H,2-9H2,1H3,(H,17,24)(H,18,25)/t10-,16-/m0/s1. The van der Waals surface area contributed by atoms with E-state index in [9.17, 15) is 24.0 Å². The third-order valence-electron chi connectivity index (χ3n) is 5.30. The van der Waals surface area contributed by atoms with Crippen molar-refractivity contribution in [2.75, 3.05) is 26.2 Å². The van der Waals surface area contributed by atoms with Crippen molar-refractivity contribution in [2.24, 2.45) is 5.92 Å². The van der Waals surface area contributed by atoms with Crippen LogP contribution in [0.3, 0.4) is 0 Å². The van der Waals surface area contributed by atoms with E-state index >= 15 is 0 Å². The van der Waals surface area contributed by atoms with E-state index in [1.807, 2.05) is 6.92 Å². The number of urea groups is 2. The average Bonchev–Trinajstić information content (AvgIpc) is 3.13. The molecule has 0 aromatic rings. The first-order valence-corrected chi connectivity index (χ1v) is 8.73. The van der Waals surface area contributed by atoms with Gasteiger partial charge < -0.3 is 15.4 Å². The van der Waals surface area contributed by atoms with E-state index in [4.69, 9.17) is 4.74 Å². The Morgan fingerprint density at radius 1 is 1.23 bits per heavy atom. The molecule has 3 rings (SSSR count). The second-order valence-electron chi connectivity index (χ2n) is 6.88. The topological polar surface area (TPSA) is 125 Å². The van der Waals surface area contributed by atoms with Crippen molar-refractivity contribution in [3.63, 3.8) is 0 Å². The molecule has 0 bridgehead atoms. The number of ether oxygens (including phenoxy) is 1. The zero-order chi connectivity index (χ0) is 18.9. The molecule has 1 saturated carbocycles. The van der Waals surface area contributed by atoms with Crippen molar-refractivity contribution >= 4 is 29.8 Å². The third kappa shape index (κ3) is 3.11. The van der Waals surface area contributed by atoms with Gasteiger partial charge in [-0.15, -0.1) is 0 Å². The maximum Gasteiger partial charge on any atom is 0.326 e. The van der Waals surface area contributed by atoms with E-state index in [-0.39, 0.29) is 12.5 Å². The Bertz CT molecular complexity index is 665. The van der Waals surface area contributed by atoms with E-state index in [2.05, 4.69) is 10.6 Å². The predicted molar refractivity (Wildman–Crippen MR) is 86.7 cm³/mol. The van der Waals surface area contributed by atoms with Crippen LogP contribution in [0.15, 0.2) is 0 Å². The highest BCUT2D eigenvalue weighted by molar-refractivity contribution is 6.09. The molecule has 2 N–H and O–H groups in total. The first-order valence-electron chi connectivity index (χ1n) is 8.73. The van der Waals surface area contributed by atoms with Gasteiger partial charge >= 0.3 is 18.0 Å². The molecule has 0 aromatic carbocycles. The molecule has 6 amide bonds. The lowest BCUT2D eigenvalue weighted by Crippen LogP contribution is -2.54. The molecule has 2 heterocycles. The molecule has 10 heteroatoms. The molecule has 2 aliphatic heterocycles. The average molecular weight is 366 g/mol. The highest BCUT2D eigenvalue weighted by Crippen LogP contribution is 2.38. The fourth-order valence-electron chi connectivity index (χ4n) is 3.74. The lowest BCUT2D eigenvalue weighted by atomic mass is 9.73. The van der Waals surface area contributed by atoms with Crippen LogP contribution < -0.4 is 10.6 Å². The summed E-state index contributed by atoms with van der Waals surface area (Å²) < 4.78 is 4.84. The molecule has 0 radical (unpaired) electrons. The molecule has 1 aliphatic carbocycles. The molecule has 0 unspecified atom stereocenters. The summed E-state index contributed by atoms with van der Waals surface area (Å²) >= 11 is 0. The Labute approximate surface area is 150 Å². The van der Waals surface area contributed by atoms with Gasteiger partial charge in [0.05, 0.1) is 0 Å². The van der Waals surface area contributed by atoms with Gasteiger partial charge in [0.15, 0.2) is 6.61 Å². The van der Waals surface area contributed by atoms with Crippen LogP contribution in [0.25, 0.3) is 0 Å². The minimum atomic E-state index is -0.945. The molecular formula is C16H22N4O6. The van der Waals surface area contributed by atoms with Gasteiger partial charge in [0.2, 0.25) is 0 Å². The zero-order valence-corrected chi connectivity index (χ0v) is 14.6. The van der Waals surface area contributed by atoms with Gasteiger partial charge in [-0.05, 0) is 18.8 Å². The summed E-state index contributed by atoms with van der Waals surface area (Å²) in [6.07, 6.45) is 3.21. The fourth-order valence-corrected chi connectivity index (χ4v) is 3.74. The molecule has 142 valence electrons. The van der Waals surface area contributed by atoms with E-state index in [1.54, 1.807) is 0 Å². The summed E-state index contributed by atoms with van der Waals surface area (Å²) in [5.74, 6) is -1.95. The minimum absolute atomic E-state index is 0.0102. The number of carbonyl (C=O) groups excluding carboxylic acids is 5. The second-order valence-corrected chi connectivity index (χ2v) is 6.88. The number of imide groups is 2. The number of hydrogen-bond acceptors (Lipinski definition) is 6. The Balaban J connectivity index is 1.55. The molecule has 3 fully saturated rings. The van der Waals surface area contributed by atoms with Crippen LogP contribution in [0.1, 0.15) is 32.6 Å². The molecule has 2 atom stereocenters. The van der Waals surface area contributed by atoms with Crippen LogP contribution in [-0.4, -0.2) is 71.4 Å². The zero-order valence-electron chi connectivity index (χ0n) is 14.6. The molecule has 2 saturated heterocycles. The maximum absolute atomic E-state index is 12.7. The van der Waals surface area contributed by atoms with Crippen LogP contribution in [-0.2, 0) is 19.1 Å². The number of hydrogen-bond donors (Lipinski definition) is 2. The summed E-state index contributed by atoms with van der Waals surface area (Å²) in [6.45, 7) is 1.30. The monoisotopic (exact) mass is 366 g/mol. The quantitative estimate of drug-likeness (QED) is 0.514. The van der Waals surface area contributed by atoms with Crippen LogP contribution in [0.2, 0.25) is 0 Å². The maximum atomic E-state index is 12.7. The van der Waals surface area contributed by atoms with Crippen molar-refractivity contribution in [2.45, 2.75) is 38.1 Å². The smallest absolute Gasteiger partial charge is 0.326 e. The van der Waals surface area contributed by atoms with Gasteiger partial charge in [-0.1, -0.05) is 19.8 Å². The minimum Gasteiger partial charge on any atom is -0.454 e. The van der Waals surface area contributed by atoms with Crippen molar-refractivity contribution in [1.82, 2.24) is 20.4 Å². The largest absolute Gasteiger partial charge is 0.454 e. The van der Waals surface area contributed by atoms with Crippen LogP contribution in [0.4, 0.5) is 9.59 Å². The fraction of sp³-hybridized carbons (Fsp3) is 0.688. The molecular weight excluding hydrogens is 344 g/mol. The van der Waals surface area contributed by atoms with Crippen LogP contribution >= 0.6 is 0 Å². The van der Waals surface area contributed by atoms with Crippen LogP contribution in [0.5, 0.6) is 0 Å². The second kappa shape index (κ2) is 6.93. The normalized spacial score (nSPS) is 28.3. The summed E-state index contributed by atoms with van der Waals surface area (Å²) in [5, 5.41) is 5.21. The first-order chi connectivity index (χ1) is 12.3. The number of nitrogens with one attached hydrogen (secondary N) is 2. The highest BCUT2D eigenvalue weighted by atomic mass is 16.5. The summed E-state index contributed by atoms with van der Waals surface area (Å²) in [4.78, 5) is 61.9. The van der Waals surface area contributed by atoms with Gasteiger partial charge in [0, 0.05) is 13.1 Å². The van der Waals surface area contributed by atoms with Crippen molar-refractivity contribution < 1.29 is 28.7 Å². The Morgan fingerprint density at radius 2 is 2.00 bits per heavy atom. The van der Waals surface area contributed by atoms with Crippen molar-refractivity contribution in [3.05, 3.63) is 0 Å². The Hall–Kier alpha value is -2.65. The predicted octanol–water partition coefficient (Wildman–Crippen LogP) is -0.418. The van der Waals surface area contributed by atoms with Gasteiger partial charge in [-0.25, -0.2) is 9.59 Å². The first kappa shape index (κ1) is 18.2. The molecule has 10 nitrogen and oxygen atoms in total. The number of nitrogens with zero attached hydrogens (tertiary/aromatic N) is 2. The summed E-state index contributed by atoms with van der Waals surface area (Å²) in [6, 6.07) is -1.15. The van der Waals surface area contributed by atoms with Gasteiger partial charge in [-0.2, -0.15) is 0 Å². The number of rotatable bonds is 4. The molecule has 1 spiro atoms. The van der Waals surface area contributed by atoms with Gasteiger partial charge in [-0.3, -0.25) is 24.2 Å². The Kier molecular flexibility index (Phi) is 4.84. The molecule has 0 aromatic heterocycles. The SMILES string of the molecule is C[C@H]1CCCC[C@]12NC(=O)N(CC(=O)OCC(=O)N1CCNC1=O)C2=O. The number of carbonyl (C=O) groups is 5. The van der Waals surface area contributed by atoms with E-state index in [1.165, 1.54) is 0 Å². The number of esters is 1. The molecule has 3 aliphatic rings. The van der Waals surface area contributed by atoms with Crippen LogP contribution in [0, 0.1) is 5.92 Å². The van der Waals surface area contributed by atoms with E-state index in [0.29, 0.717) is 13.0 Å². The third-order valence-corrected chi connectivity index (χ3v) is 5.30. The van der Waals surface area contributed by atoms with Gasteiger partial charge in [0.25, 0.3) is 11.8 Å². The lowest BCUT2D eigenvalue weighted by molar-refractivity contribution is -0.153. The van der Waals surface area contributed by atoms with E-state index < -0.39 is 48.5 Å². The molecule has 26 heavy (non-hydrogen) atoms. The van der Waals surface area contributed by atoms with Gasteiger partial charge in [0.1, 0.15) is 12.1 Å². The Morgan fingerprint density at radius 3 is 2.65 bits per heavy atom. The van der Waals surface area contributed by atoms with Crippen molar-refractivity contribution in [1.29, 1.82) is 0 Å². The summed E-state index contributed by atoms with van der Waals surface area (Å²) in [7, 11) is 0. The lowest BCUT2D eigenvalue weighted by Gasteiger charge is -2.36. The number of amides is 6. The van der Waals surface area contributed by atoms with Crippen molar-refractivity contribution in [3.8, 4) is 0 Å². The van der Waals surface area contributed by atoms with E-state index in [0.717, 1.165) is 29.1 Å². The summed E-state index contributed by atoms with van der Waals surface area (Å²) in [5.41, 5.74) is -0.945. The highest BCUT2D eigenvalue weighted by Gasteiger charge is 2.55.